The molecule has 100 valence electrons. The first-order chi connectivity index (χ1) is 9.24. The Bertz CT molecular complexity index is 605. The first-order valence-electron chi connectivity index (χ1n) is 6.44. The summed E-state index contributed by atoms with van der Waals surface area (Å²) in [4.78, 5) is 12.7. The first kappa shape index (κ1) is 12.6. The number of thiophene rings is 1. The second-order valence-electron chi connectivity index (χ2n) is 4.79. The van der Waals surface area contributed by atoms with Gasteiger partial charge in [0.1, 0.15) is 5.82 Å². The molecule has 5 heteroatoms. The SMILES string of the molecule is O=C(N[C@@H]1CCCNC1)c1cc2cccc(F)c2s1. The van der Waals surface area contributed by atoms with Gasteiger partial charge in [0.25, 0.3) is 5.91 Å². The summed E-state index contributed by atoms with van der Waals surface area (Å²) in [6.07, 6.45) is 2.07. The molecule has 2 heterocycles. The van der Waals surface area contributed by atoms with E-state index in [0.29, 0.717) is 9.58 Å². The number of nitrogens with one attached hydrogen (secondary N) is 2. The topological polar surface area (TPSA) is 41.1 Å². The molecule has 1 aliphatic heterocycles. The molecule has 3 rings (SSSR count). The van der Waals surface area contributed by atoms with Crippen molar-refractivity contribution < 1.29 is 9.18 Å². The van der Waals surface area contributed by atoms with Crippen LogP contribution in [0.15, 0.2) is 24.3 Å². The largest absolute Gasteiger partial charge is 0.347 e. The van der Waals surface area contributed by atoms with Gasteiger partial charge in [-0.25, -0.2) is 4.39 Å². The van der Waals surface area contributed by atoms with Gasteiger partial charge in [0.15, 0.2) is 0 Å². The fraction of sp³-hybridized carbons (Fsp3) is 0.357. The third-order valence-corrected chi connectivity index (χ3v) is 4.51. The summed E-state index contributed by atoms with van der Waals surface area (Å²) in [5.74, 6) is -0.366. The van der Waals surface area contributed by atoms with Crippen molar-refractivity contribution in [3.8, 4) is 0 Å². The van der Waals surface area contributed by atoms with Gasteiger partial charge in [-0.2, -0.15) is 0 Å². The number of carbonyl (C=O) groups excluding carboxylic acids is 1. The van der Waals surface area contributed by atoms with E-state index in [9.17, 15) is 9.18 Å². The first-order valence-corrected chi connectivity index (χ1v) is 7.25. The average Bonchev–Trinajstić information content (AvgIpc) is 2.85. The molecule has 3 nitrogen and oxygen atoms in total. The monoisotopic (exact) mass is 278 g/mol. The van der Waals surface area contributed by atoms with Crippen molar-refractivity contribution in [2.75, 3.05) is 13.1 Å². The highest BCUT2D eigenvalue weighted by molar-refractivity contribution is 7.20. The molecule has 2 N–H and O–H groups in total. The molecule has 19 heavy (non-hydrogen) atoms. The molecule has 1 aromatic carbocycles. The van der Waals surface area contributed by atoms with E-state index < -0.39 is 0 Å². The highest BCUT2D eigenvalue weighted by atomic mass is 32.1. The van der Waals surface area contributed by atoms with E-state index in [1.54, 1.807) is 12.1 Å². The molecule has 1 fully saturated rings. The van der Waals surface area contributed by atoms with Crippen molar-refractivity contribution in [2.45, 2.75) is 18.9 Å². The number of rotatable bonds is 2. The molecule has 1 aliphatic rings. The van der Waals surface area contributed by atoms with Crippen LogP contribution in [0.1, 0.15) is 22.5 Å². The number of hydrogen-bond donors (Lipinski definition) is 2. The Morgan fingerprint density at radius 1 is 1.47 bits per heavy atom. The Labute approximate surface area is 114 Å². The van der Waals surface area contributed by atoms with Crippen LogP contribution in [-0.4, -0.2) is 25.0 Å². The van der Waals surface area contributed by atoms with Crippen molar-refractivity contribution >= 4 is 27.3 Å². The van der Waals surface area contributed by atoms with Gasteiger partial charge in [-0.15, -0.1) is 11.3 Å². The van der Waals surface area contributed by atoms with E-state index in [1.807, 2.05) is 6.07 Å². The molecular formula is C14H15FN2OS. The van der Waals surface area contributed by atoms with Gasteiger partial charge in [0.05, 0.1) is 9.58 Å². The molecule has 2 aromatic rings. The van der Waals surface area contributed by atoms with Crippen LogP contribution < -0.4 is 10.6 Å². The lowest BCUT2D eigenvalue weighted by Gasteiger charge is -2.23. The number of benzene rings is 1. The third-order valence-electron chi connectivity index (χ3n) is 3.35. The van der Waals surface area contributed by atoms with Crippen LogP contribution >= 0.6 is 11.3 Å². The Balaban J connectivity index is 1.79. The summed E-state index contributed by atoms with van der Waals surface area (Å²) in [5.41, 5.74) is 0. The molecule has 1 atom stereocenters. The fourth-order valence-corrected chi connectivity index (χ4v) is 3.34. The molecule has 0 unspecified atom stereocenters. The summed E-state index contributed by atoms with van der Waals surface area (Å²) in [6, 6.07) is 6.85. The van der Waals surface area contributed by atoms with Gasteiger partial charge in [0.2, 0.25) is 0 Å². The maximum Gasteiger partial charge on any atom is 0.261 e. The lowest BCUT2D eigenvalue weighted by atomic mass is 10.1. The van der Waals surface area contributed by atoms with Crippen LogP contribution in [-0.2, 0) is 0 Å². The van der Waals surface area contributed by atoms with E-state index in [1.165, 1.54) is 17.4 Å². The van der Waals surface area contributed by atoms with Crippen LogP contribution in [0.3, 0.4) is 0 Å². The Morgan fingerprint density at radius 2 is 2.37 bits per heavy atom. The van der Waals surface area contributed by atoms with Gasteiger partial charge in [-0.1, -0.05) is 12.1 Å². The van der Waals surface area contributed by atoms with Crippen LogP contribution in [0.25, 0.3) is 10.1 Å². The van der Waals surface area contributed by atoms with Crippen molar-refractivity contribution in [1.29, 1.82) is 0 Å². The second-order valence-corrected chi connectivity index (χ2v) is 5.84. The van der Waals surface area contributed by atoms with E-state index in [4.69, 9.17) is 0 Å². The number of piperidine rings is 1. The van der Waals surface area contributed by atoms with Crippen LogP contribution in [0.2, 0.25) is 0 Å². The molecule has 1 amide bonds. The normalized spacial score (nSPS) is 19.5. The number of fused-ring (bicyclic) bond motifs is 1. The van der Waals surface area contributed by atoms with E-state index in [0.717, 1.165) is 31.3 Å². The van der Waals surface area contributed by atoms with Crippen molar-refractivity contribution in [2.24, 2.45) is 0 Å². The second kappa shape index (κ2) is 5.27. The third kappa shape index (κ3) is 2.62. The predicted octanol–water partition coefficient (Wildman–Crippen LogP) is 2.52. The highest BCUT2D eigenvalue weighted by Gasteiger charge is 2.18. The molecule has 0 saturated carbocycles. The Kier molecular flexibility index (Phi) is 3.48. The predicted molar refractivity (Wildman–Crippen MR) is 75.1 cm³/mol. The van der Waals surface area contributed by atoms with Crippen LogP contribution in [0, 0.1) is 5.82 Å². The van der Waals surface area contributed by atoms with Crippen LogP contribution in [0.5, 0.6) is 0 Å². The summed E-state index contributed by atoms with van der Waals surface area (Å²) >= 11 is 1.21. The van der Waals surface area contributed by atoms with Gasteiger partial charge in [0, 0.05) is 12.6 Å². The molecule has 0 aliphatic carbocycles. The molecule has 0 bridgehead atoms. The minimum Gasteiger partial charge on any atom is -0.347 e. The fourth-order valence-electron chi connectivity index (χ4n) is 2.37. The zero-order chi connectivity index (χ0) is 13.2. The molecule has 0 radical (unpaired) electrons. The number of carbonyl (C=O) groups is 1. The van der Waals surface area contributed by atoms with Gasteiger partial charge < -0.3 is 10.6 Å². The summed E-state index contributed by atoms with van der Waals surface area (Å²) in [5, 5.41) is 7.05. The highest BCUT2D eigenvalue weighted by Crippen LogP contribution is 2.27. The summed E-state index contributed by atoms with van der Waals surface area (Å²) in [7, 11) is 0. The lowest BCUT2D eigenvalue weighted by molar-refractivity contribution is 0.0935. The number of amides is 1. The maximum atomic E-state index is 13.6. The van der Waals surface area contributed by atoms with Gasteiger partial charge in [-0.3, -0.25) is 4.79 Å². The summed E-state index contributed by atoms with van der Waals surface area (Å²) < 4.78 is 14.1. The van der Waals surface area contributed by atoms with Crippen molar-refractivity contribution in [1.82, 2.24) is 10.6 Å². The van der Waals surface area contributed by atoms with Gasteiger partial charge in [-0.05, 0) is 36.9 Å². The zero-order valence-corrected chi connectivity index (χ0v) is 11.2. The molecule has 0 spiro atoms. The van der Waals surface area contributed by atoms with Crippen LogP contribution in [0.4, 0.5) is 4.39 Å². The molecule has 1 saturated heterocycles. The quantitative estimate of drug-likeness (QED) is 0.886. The molecular weight excluding hydrogens is 263 g/mol. The van der Waals surface area contributed by atoms with E-state index in [-0.39, 0.29) is 17.8 Å². The van der Waals surface area contributed by atoms with E-state index in [2.05, 4.69) is 10.6 Å². The smallest absolute Gasteiger partial charge is 0.261 e. The molecule has 1 aromatic heterocycles. The number of hydrogen-bond acceptors (Lipinski definition) is 3. The lowest BCUT2D eigenvalue weighted by Crippen LogP contribution is -2.45. The van der Waals surface area contributed by atoms with Crippen molar-refractivity contribution in [3.05, 3.63) is 35.0 Å². The summed E-state index contributed by atoms with van der Waals surface area (Å²) in [6.45, 7) is 1.82. The Morgan fingerprint density at radius 3 is 3.11 bits per heavy atom. The standard InChI is InChI=1S/C14H15FN2OS/c15-11-5-1-3-9-7-12(19-13(9)11)14(18)17-10-4-2-6-16-8-10/h1,3,5,7,10,16H,2,4,6,8H2,(H,17,18)/t10-/m1/s1. The van der Waals surface area contributed by atoms with Gasteiger partial charge >= 0.3 is 0 Å². The average molecular weight is 278 g/mol. The maximum absolute atomic E-state index is 13.6. The zero-order valence-electron chi connectivity index (χ0n) is 10.4. The van der Waals surface area contributed by atoms with E-state index >= 15 is 0 Å². The Hall–Kier alpha value is -1.46. The minimum absolute atomic E-state index is 0.103. The minimum atomic E-state index is -0.263. The van der Waals surface area contributed by atoms with Crippen molar-refractivity contribution in [3.63, 3.8) is 0 Å². The number of halogens is 1.